The number of rotatable bonds is 6. The highest BCUT2D eigenvalue weighted by molar-refractivity contribution is 7.25. The molecule has 0 saturated heterocycles. The summed E-state index contributed by atoms with van der Waals surface area (Å²) in [7, 11) is 0. The molecule has 0 amide bonds. The van der Waals surface area contributed by atoms with Gasteiger partial charge in [0.05, 0.1) is 0 Å². The van der Waals surface area contributed by atoms with E-state index < -0.39 is 0 Å². The Bertz CT molecular complexity index is 3090. The van der Waals surface area contributed by atoms with Gasteiger partial charge in [-0.3, -0.25) is 0 Å². The predicted octanol–water partition coefficient (Wildman–Crippen LogP) is 15.9. The van der Waals surface area contributed by atoms with Crippen LogP contribution in [-0.2, 0) is 6.42 Å². The van der Waals surface area contributed by atoms with Crippen LogP contribution in [0, 0.1) is 0 Å². The maximum absolute atomic E-state index is 2.41. The van der Waals surface area contributed by atoms with Crippen molar-refractivity contribution in [3.63, 3.8) is 0 Å². The molecule has 1 aliphatic rings. The van der Waals surface area contributed by atoms with Gasteiger partial charge in [-0.2, -0.15) is 0 Å². The van der Waals surface area contributed by atoms with Gasteiger partial charge >= 0.3 is 0 Å². The van der Waals surface area contributed by atoms with Crippen LogP contribution in [0.15, 0.2) is 182 Å². The van der Waals surface area contributed by atoms with Gasteiger partial charge in [0.2, 0.25) is 0 Å². The van der Waals surface area contributed by atoms with Crippen molar-refractivity contribution in [2.24, 2.45) is 0 Å². The molecule has 2 heterocycles. The Morgan fingerprint density at radius 1 is 0.382 bits per heavy atom. The van der Waals surface area contributed by atoms with E-state index in [2.05, 4.69) is 193 Å². The van der Waals surface area contributed by atoms with Crippen LogP contribution in [0.5, 0.6) is 0 Å². The van der Waals surface area contributed by atoms with Crippen molar-refractivity contribution in [1.82, 2.24) is 0 Å². The molecule has 0 N–H and O–H groups in total. The van der Waals surface area contributed by atoms with E-state index in [1.807, 2.05) is 22.7 Å². The molecule has 0 saturated carbocycles. The Labute approximate surface area is 328 Å². The average molecular weight is 738 g/mol. The van der Waals surface area contributed by atoms with Gasteiger partial charge in [0.15, 0.2) is 0 Å². The first-order chi connectivity index (χ1) is 27.2. The van der Waals surface area contributed by atoms with Crippen LogP contribution in [0.1, 0.15) is 16.9 Å². The van der Waals surface area contributed by atoms with Crippen molar-refractivity contribution in [2.45, 2.75) is 12.8 Å². The van der Waals surface area contributed by atoms with Crippen molar-refractivity contribution in [3.05, 3.63) is 192 Å². The van der Waals surface area contributed by atoms with Crippen molar-refractivity contribution < 1.29 is 0 Å². The molecular weight excluding hydrogens is 703 g/mol. The third-order valence-corrected chi connectivity index (χ3v) is 13.5. The predicted molar refractivity (Wildman–Crippen MR) is 241 cm³/mol. The van der Waals surface area contributed by atoms with E-state index in [0.717, 1.165) is 29.9 Å². The van der Waals surface area contributed by atoms with Crippen molar-refractivity contribution in [1.29, 1.82) is 0 Å². The first-order valence-corrected chi connectivity index (χ1v) is 20.6. The first-order valence-electron chi connectivity index (χ1n) is 19.0. The van der Waals surface area contributed by atoms with E-state index in [0.29, 0.717) is 0 Å². The Morgan fingerprint density at radius 2 is 0.982 bits per heavy atom. The van der Waals surface area contributed by atoms with Gasteiger partial charge in [0.1, 0.15) is 0 Å². The molecule has 2 aromatic heterocycles. The summed E-state index contributed by atoms with van der Waals surface area (Å²) in [5, 5.41) is 6.52. The number of fused-ring (bicyclic) bond motifs is 7. The summed E-state index contributed by atoms with van der Waals surface area (Å²) in [5.41, 5.74) is 12.1. The lowest BCUT2D eigenvalue weighted by molar-refractivity contribution is 1.02. The minimum Gasteiger partial charge on any atom is -0.310 e. The van der Waals surface area contributed by atoms with Crippen molar-refractivity contribution in [3.8, 4) is 33.4 Å². The van der Waals surface area contributed by atoms with E-state index in [4.69, 9.17) is 0 Å². The Morgan fingerprint density at radius 3 is 1.80 bits per heavy atom. The standard InChI is InChI=1S/C52H35NS2/c1-2-9-37-31-40(17-16-34(37)8-1)39-11-7-10-38(30-39)35-18-23-42(24-19-35)53(44-27-29-52-48(33-44)46-13-4-6-15-50(46)55-52)43-25-20-36(21-26-43)41-22-28-51-47(32-41)45-12-3-5-14-49(45)54-51/h1-5,7-14,16-33H,6,15H2. The molecule has 55 heavy (non-hydrogen) atoms. The number of hydrogen-bond acceptors (Lipinski definition) is 3. The molecule has 3 heteroatoms. The van der Waals surface area contributed by atoms with Gasteiger partial charge < -0.3 is 4.90 Å². The molecule has 0 aliphatic heterocycles. The second kappa shape index (κ2) is 13.2. The molecule has 0 radical (unpaired) electrons. The van der Waals surface area contributed by atoms with Gasteiger partial charge in [-0.05, 0) is 135 Å². The molecule has 0 bridgehead atoms. The summed E-state index contributed by atoms with van der Waals surface area (Å²) in [5.74, 6) is 0. The van der Waals surface area contributed by atoms with Crippen LogP contribution in [0.2, 0.25) is 0 Å². The third kappa shape index (κ3) is 5.75. The molecule has 8 aromatic carbocycles. The Kier molecular flexibility index (Phi) is 7.75. The Hall–Kier alpha value is -6.26. The van der Waals surface area contributed by atoms with Crippen LogP contribution in [-0.4, -0.2) is 0 Å². The SMILES string of the molecule is C1=Cc2c(sc3ccc(N(c4ccc(-c5cccc(-c6ccc7ccccc7c6)c5)cc4)c4ccc(-c5ccc6sc7ccccc7c6c5)cc4)cc23)CC1. The van der Waals surface area contributed by atoms with E-state index in [-0.39, 0.29) is 0 Å². The topological polar surface area (TPSA) is 3.24 Å². The molecule has 11 rings (SSSR count). The van der Waals surface area contributed by atoms with Gasteiger partial charge in [-0.1, -0.05) is 115 Å². The number of allylic oxidation sites excluding steroid dienone is 1. The maximum Gasteiger partial charge on any atom is 0.0468 e. The molecule has 1 aliphatic carbocycles. The van der Waals surface area contributed by atoms with E-state index in [1.54, 1.807) is 0 Å². The minimum atomic E-state index is 1.12. The lowest BCUT2D eigenvalue weighted by Crippen LogP contribution is -2.09. The number of benzene rings is 8. The number of anilines is 3. The summed E-state index contributed by atoms with van der Waals surface area (Å²) in [6.45, 7) is 0. The normalized spacial score (nSPS) is 12.5. The minimum absolute atomic E-state index is 1.12. The highest BCUT2D eigenvalue weighted by Gasteiger charge is 2.18. The van der Waals surface area contributed by atoms with Gasteiger partial charge in [-0.25, -0.2) is 0 Å². The smallest absolute Gasteiger partial charge is 0.0468 e. The van der Waals surface area contributed by atoms with Crippen LogP contribution in [0.4, 0.5) is 17.1 Å². The monoisotopic (exact) mass is 737 g/mol. The van der Waals surface area contributed by atoms with Gasteiger partial charge in [0, 0.05) is 52.2 Å². The quantitative estimate of drug-likeness (QED) is 0.164. The van der Waals surface area contributed by atoms with E-state index >= 15 is 0 Å². The highest BCUT2D eigenvalue weighted by Crippen LogP contribution is 2.43. The zero-order valence-corrected chi connectivity index (χ0v) is 31.7. The van der Waals surface area contributed by atoms with E-state index in [9.17, 15) is 0 Å². The van der Waals surface area contributed by atoms with Gasteiger partial charge in [-0.15, -0.1) is 22.7 Å². The largest absolute Gasteiger partial charge is 0.310 e. The molecule has 1 nitrogen and oxygen atoms in total. The van der Waals surface area contributed by atoms with Crippen molar-refractivity contribution in [2.75, 3.05) is 4.90 Å². The third-order valence-electron chi connectivity index (χ3n) is 11.1. The lowest BCUT2D eigenvalue weighted by Gasteiger charge is -2.26. The summed E-state index contributed by atoms with van der Waals surface area (Å²) in [4.78, 5) is 3.90. The first kappa shape index (κ1) is 32.2. The average Bonchev–Trinajstić information content (AvgIpc) is 3.82. The Balaban J connectivity index is 0.973. The zero-order valence-electron chi connectivity index (χ0n) is 30.1. The fraction of sp³-hybridized carbons (Fsp3) is 0.0385. The molecule has 0 unspecified atom stereocenters. The lowest BCUT2D eigenvalue weighted by atomic mass is 9.97. The fourth-order valence-electron chi connectivity index (χ4n) is 8.28. The van der Waals surface area contributed by atoms with E-state index in [1.165, 1.54) is 84.9 Å². The maximum atomic E-state index is 2.41. The van der Waals surface area contributed by atoms with Crippen LogP contribution in [0.3, 0.4) is 0 Å². The summed E-state index contributed by atoms with van der Waals surface area (Å²) in [6, 6.07) is 65.0. The number of aryl methyl sites for hydroxylation is 1. The highest BCUT2D eigenvalue weighted by atomic mass is 32.1. The summed E-state index contributed by atoms with van der Waals surface area (Å²) in [6.07, 6.45) is 6.90. The number of nitrogens with zero attached hydrogens (tertiary/aromatic N) is 1. The number of hydrogen-bond donors (Lipinski definition) is 0. The molecule has 0 atom stereocenters. The summed E-state index contributed by atoms with van der Waals surface area (Å²) >= 11 is 3.81. The number of thiophene rings is 2. The molecule has 260 valence electrons. The summed E-state index contributed by atoms with van der Waals surface area (Å²) < 4.78 is 4.02. The van der Waals surface area contributed by atoms with Gasteiger partial charge in [0.25, 0.3) is 0 Å². The zero-order chi connectivity index (χ0) is 36.3. The van der Waals surface area contributed by atoms with Crippen LogP contribution >= 0.6 is 22.7 Å². The van der Waals surface area contributed by atoms with Crippen molar-refractivity contribution >= 4 is 86.8 Å². The second-order valence-electron chi connectivity index (χ2n) is 14.4. The van der Waals surface area contributed by atoms with Crippen LogP contribution in [0.25, 0.3) is 80.5 Å². The fourth-order valence-corrected chi connectivity index (χ4v) is 10.6. The molecule has 0 fully saturated rings. The molecule has 0 spiro atoms. The second-order valence-corrected chi connectivity index (χ2v) is 16.7. The molecular formula is C52H35NS2. The van der Waals surface area contributed by atoms with Crippen LogP contribution < -0.4 is 4.90 Å². The molecule has 10 aromatic rings.